The number of ether oxygens (including phenoxy) is 1. The highest BCUT2D eigenvalue weighted by Crippen LogP contribution is 2.13. The number of benzene rings is 2. The van der Waals surface area contributed by atoms with Crippen LogP contribution in [0.5, 0.6) is 5.75 Å². The molecule has 0 amide bonds. The zero-order chi connectivity index (χ0) is 14.9. The predicted molar refractivity (Wildman–Crippen MR) is 83.8 cm³/mol. The third-order valence-corrected chi connectivity index (χ3v) is 3.24. The van der Waals surface area contributed by atoms with Crippen molar-refractivity contribution >= 4 is 0 Å². The monoisotopic (exact) mass is 287 g/mol. The summed E-state index contributed by atoms with van der Waals surface area (Å²) in [6.07, 6.45) is 2.22. The van der Waals surface area contributed by atoms with E-state index in [1.165, 1.54) is 11.6 Å². The molecule has 112 valence electrons. The second-order valence-electron chi connectivity index (χ2n) is 5.08. The highest BCUT2D eigenvalue weighted by Gasteiger charge is 1.98. The molecule has 0 aromatic heterocycles. The first-order chi connectivity index (χ1) is 10.3. The van der Waals surface area contributed by atoms with Gasteiger partial charge in [0.15, 0.2) is 0 Å². The third kappa shape index (κ3) is 5.56. The van der Waals surface area contributed by atoms with Gasteiger partial charge in [-0.15, -0.1) is 0 Å². The fourth-order valence-electron chi connectivity index (χ4n) is 2.04. The van der Waals surface area contributed by atoms with Crippen molar-refractivity contribution in [3.63, 3.8) is 0 Å². The Morgan fingerprint density at radius 3 is 2.48 bits per heavy atom. The van der Waals surface area contributed by atoms with Gasteiger partial charge in [-0.1, -0.05) is 37.6 Å². The fourth-order valence-corrected chi connectivity index (χ4v) is 2.04. The molecule has 0 aliphatic rings. The zero-order valence-corrected chi connectivity index (χ0v) is 12.4. The molecule has 2 aromatic rings. The minimum atomic E-state index is -0.192. The van der Waals surface area contributed by atoms with Crippen LogP contribution >= 0.6 is 0 Å². The largest absolute Gasteiger partial charge is 0.494 e. The smallest absolute Gasteiger partial charge is 0.123 e. The van der Waals surface area contributed by atoms with Gasteiger partial charge < -0.3 is 10.1 Å². The molecule has 0 saturated carbocycles. The Kier molecular flexibility index (Phi) is 6.22. The van der Waals surface area contributed by atoms with Crippen LogP contribution < -0.4 is 10.1 Å². The van der Waals surface area contributed by atoms with Crippen molar-refractivity contribution in [2.24, 2.45) is 0 Å². The van der Waals surface area contributed by atoms with Gasteiger partial charge in [0.1, 0.15) is 11.6 Å². The molecule has 21 heavy (non-hydrogen) atoms. The number of halogens is 1. The maximum Gasteiger partial charge on any atom is 0.123 e. The number of rotatable bonds is 8. The van der Waals surface area contributed by atoms with Crippen molar-refractivity contribution in [2.75, 3.05) is 6.61 Å². The van der Waals surface area contributed by atoms with E-state index >= 15 is 0 Å². The molecular formula is C18H22FNO. The number of hydrogen-bond donors (Lipinski definition) is 1. The highest BCUT2D eigenvalue weighted by molar-refractivity contribution is 5.27. The Labute approximate surface area is 126 Å². The molecule has 0 aliphatic heterocycles. The van der Waals surface area contributed by atoms with Crippen LogP contribution in [-0.2, 0) is 13.1 Å². The molecule has 0 atom stereocenters. The van der Waals surface area contributed by atoms with Crippen molar-refractivity contribution in [2.45, 2.75) is 32.9 Å². The van der Waals surface area contributed by atoms with E-state index in [1.807, 2.05) is 18.2 Å². The lowest BCUT2D eigenvalue weighted by molar-refractivity contribution is 0.309. The summed E-state index contributed by atoms with van der Waals surface area (Å²) in [5.74, 6) is 0.722. The minimum Gasteiger partial charge on any atom is -0.494 e. The lowest BCUT2D eigenvalue weighted by atomic mass is 10.2. The van der Waals surface area contributed by atoms with Gasteiger partial charge in [0.25, 0.3) is 0 Å². The van der Waals surface area contributed by atoms with E-state index in [0.717, 1.165) is 37.3 Å². The van der Waals surface area contributed by atoms with E-state index in [9.17, 15) is 4.39 Å². The highest BCUT2D eigenvalue weighted by atomic mass is 19.1. The summed E-state index contributed by atoms with van der Waals surface area (Å²) in [6, 6.07) is 14.8. The van der Waals surface area contributed by atoms with Gasteiger partial charge in [-0.3, -0.25) is 0 Å². The molecule has 0 aliphatic carbocycles. The van der Waals surface area contributed by atoms with E-state index in [1.54, 1.807) is 12.1 Å². The molecule has 0 saturated heterocycles. The molecule has 0 radical (unpaired) electrons. The van der Waals surface area contributed by atoms with Crippen molar-refractivity contribution in [1.82, 2.24) is 5.32 Å². The van der Waals surface area contributed by atoms with Crippen LogP contribution in [0, 0.1) is 5.82 Å². The first-order valence-electron chi connectivity index (χ1n) is 7.45. The Morgan fingerprint density at radius 1 is 1.00 bits per heavy atom. The first kappa shape index (κ1) is 15.5. The van der Waals surface area contributed by atoms with Crippen molar-refractivity contribution in [1.29, 1.82) is 0 Å². The van der Waals surface area contributed by atoms with Gasteiger partial charge in [0.2, 0.25) is 0 Å². The molecule has 1 N–H and O–H groups in total. The Morgan fingerprint density at radius 2 is 1.76 bits per heavy atom. The van der Waals surface area contributed by atoms with E-state index < -0.39 is 0 Å². The quantitative estimate of drug-likeness (QED) is 0.731. The molecule has 2 nitrogen and oxygen atoms in total. The van der Waals surface area contributed by atoms with Crippen molar-refractivity contribution in [3.8, 4) is 5.75 Å². The van der Waals surface area contributed by atoms with Gasteiger partial charge >= 0.3 is 0 Å². The summed E-state index contributed by atoms with van der Waals surface area (Å²) in [4.78, 5) is 0. The van der Waals surface area contributed by atoms with Crippen LogP contribution in [0.25, 0.3) is 0 Å². The number of nitrogens with one attached hydrogen (secondary N) is 1. The van der Waals surface area contributed by atoms with Gasteiger partial charge in [0.05, 0.1) is 6.61 Å². The summed E-state index contributed by atoms with van der Waals surface area (Å²) < 4.78 is 18.7. The summed E-state index contributed by atoms with van der Waals surface area (Å²) in [6.45, 7) is 4.34. The molecule has 0 spiro atoms. The SMILES string of the molecule is CCCCOc1ccc(CNCc2cccc(F)c2)cc1. The van der Waals surface area contributed by atoms with E-state index in [2.05, 4.69) is 24.4 Å². The van der Waals surface area contributed by atoms with E-state index in [0.29, 0.717) is 6.54 Å². The standard InChI is InChI=1S/C18H22FNO/c1-2-3-11-21-18-9-7-15(8-10-18)13-20-14-16-5-4-6-17(19)12-16/h4-10,12,20H,2-3,11,13-14H2,1H3. The summed E-state index contributed by atoms with van der Waals surface area (Å²) >= 11 is 0. The normalized spacial score (nSPS) is 10.6. The van der Waals surface area contributed by atoms with Crippen molar-refractivity contribution in [3.05, 3.63) is 65.5 Å². The molecule has 0 unspecified atom stereocenters. The molecule has 0 fully saturated rings. The first-order valence-corrected chi connectivity index (χ1v) is 7.45. The molecule has 0 heterocycles. The molecule has 2 aromatic carbocycles. The second-order valence-corrected chi connectivity index (χ2v) is 5.08. The van der Waals surface area contributed by atoms with Gasteiger partial charge in [-0.25, -0.2) is 4.39 Å². The number of unbranched alkanes of at least 4 members (excludes halogenated alkanes) is 1. The predicted octanol–water partition coefficient (Wildman–Crippen LogP) is 4.29. The lowest BCUT2D eigenvalue weighted by Crippen LogP contribution is -2.12. The van der Waals surface area contributed by atoms with E-state index in [-0.39, 0.29) is 5.82 Å². The topological polar surface area (TPSA) is 21.3 Å². The Balaban J connectivity index is 1.75. The number of hydrogen-bond acceptors (Lipinski definition) is 2. The van der Waals surface area contributed by atoms with Crippen molar-refractivity contribution < 1.29 is 9.13 Å². The molecule has 2 rings (SSSR count). The summed E-state index contributed by atoms with van der Waals surface area (Å²) in [5.41, 5.74) is 2.14. The van der Waals surface area contributed by atoms with E-state index in [4.69, 9.17) is 4.74 Å². The Bertz CT molecular complexity index is 539. The van der Waals surface area contributed by atoms with Gasteiger partial charge in [0, 0.05) is 13.1 Å². The minimum absolute atomic E-state index is 0.192. The Hall–Kier alpha value is -1.87. The molecule has 0 bridgehead atoms. The maximum atomic E-state index is 13.0. The molecular weight excluding hydrogens is 265 g/mol. The van der Waals surface area contributed by atoms with Crippen LogP contribution in [0.15, 0.2) is 48.5 Å². The second kappa shape index (κ2) is 8.42. The van der Waals surface area contributed by atoms with Crippen LogP contribution in [-0.4, -0.2) is 6.61 Å². The van der Waals surface area contributed by atoms with Crippen LogP contribution in [0.4, 0.5) is 4.39 Å². The summed E-state index contributed by atoms with van der Waals surface area (Å²) in [5, 5.41) is 3.31. The molecule has 3 heteroatoms. The van der Waals surface area contributed by atoms with Crippen LogP contribution in [0.3, 0.4) is 0 Å². The fraction of sp³-hybridized carbons (Fsp3) is 0.333. The van der Waals surface area contributed by atoms with Crippen LogP contribution in [0.2, 0.25) is 0 Å². The van der Waals surface area contributed by atoms with Gasteiger partial charge in [-0.05, 0) is 41.8 Å². The maximum absolute atomic E-state index is 13.0. The summed E-state index contributed by atoms with van der Waals surface area (Å²) in [7, 11) is 0. The lowest BCUT2D eigenvalue weighted by Gasteiger charge is -2.08. The third-order valence-electron chi connectivity index (χ3n) is 3.24. The van der Waals surface area contributed by atoms with Crippen LogP contribution in [0.1, 0.15) is 30.9 Å². The zero-order valence-electron chi connectivity index (χ0n) is 12.4. The van der Waals surface area contributed by atoms with Gasteiger partial charge in [-0.2, -0.15) is 0 Å². The average Bonchev–Trinajstić information content (AvgIpc) is 2.49. The average molecular weight is 287 g/mol.